The summed E-state index contributed by atoms with van der Waals surface area (Å²) in [6.07, 6.45) is 11.0. The zero-order chi connectivity index (χ0) is 50.5. The van der Waals surface area contributed by atoms with E-state index in [9.17, 15) is 0 Å². The minimum atomic E-state index is 0. The van der Waals surface area contributed by atoms with Crippen LogP contribution in [0.15, 0.2) is 128 Å². The Kier molecular flexibility index (Phi) is 28.4. The number of pyridine rings is 6. The third kappa shape index (κ3) is 21.4. The molecule has 0 radical (unpaired) electrons. The van der Waals surface area contributed by atoms with Gasteiger partial charge in [-0.25, -0.2) is 29.9 Å². The number of piperazine rings is 2. The van der Waals surface area contributed by atoms with Crippen molar-refractivity contribution in [1.29, 1.82) is 0 Å². The van der Waals surface area contributed by atoms with Crippen LogP contribution in [0, 0.1) is 20.8 Å². The Morgan fingerprint density at radius 1 is 0.461 bits per heavy atom. The van der Waals surface area contributed by atoms with E-state index >= 15 is 0 Å². The molecule has 0 saturated carbocycles. The van der Waals surface area contributed by atoms with Crippen LogP contribution in [-0.4, -0.2) is 97.2 Å². The quantitative estimate of drug-likeness (QED) is 0.0783. The summed E-state index contributed by atoms with van der Waals surface area (Å²) in [6, 6.07) is 28.7. The van der Waals surface area contributed by atoms with Gasteiger partial charge in [-0.3, -0.25) is 15.0 Å². The lowest BCUT2D eigenvalue weighted by Gasteiger charge is -2.28. The summed E-state index contributed by atoms with van der Waals surface area (Å²) < 4.78 is 0.565. The van der Waals surface area contributed by atoms with Crippen molar-refractivity contribution < 1.29 is 0 Å². The lowest BCUT2D eigenvalue weighted by Crippen LogP contribution is -2.43. The molecule has 16 nitrogen and oxygen atoms in total. The number of hydrogen-bond donors (Lipinski definition) is 6. The molecule has 404 valence electrons. The molecule has 76 heavy (non-hydrogen) atoms. The zero-order valence-corrected chi connectivity index (χ0v) is 44.4. The molecule has 0 amide bonds. The second kappa shape index (κ2) is 33.7. The van der Waals surface area contributed by atoms with E-state index in [0.29, 0.717) is 26.4 Å². The first-order valence-electron chi connectivity index (χ1n) is 22.7. The van der Waals surface area contributed by atoms with Gasteiger partial charge in [-0.2, -0.15) is 0 Å². The number of aryl methyl sites for hydroxylation is 3. The lowest BCUT2D eigenvalue weighted by molar-refractivity contribution is 0.534. The third-order valence-electron chi connectivity index (χ3n) is 10.1. The second-order valence-corrected chi connectivity index (χ2v) is 20.1. The highest BCUT2D eigenvalue weighted by Crippen LogP contribution is 2.32. The van der Waals surface area contributed by atoms with Crippen LogP contribution in [0.4, 0.5) is 33.5 Å². The van der Waals surface area contributed by atoms with Gasteiger partial charge in [0, 0.05) is 123 Å². The van der Waals surface area contributed by atoms with Crippen molar-refractivity contribution in [3.8, 4) is 31.3 Å². The minimum absolute atomic E-state index is 0. The Morgan fingerprint density at radius 3 is 1.28 bits per heavy atom. The number of hydrogen-bond acceptors (Lipinski definition) is 19. The summed E-state index contributed by atoms with van der Waals surface area (Å²) in [5.41, 5.74) is 11.5. The van der Waals surface area contributed by atoms with Crippen molar-refractivity contribution >= 4 is 102 Å². The largest absolute Gasteiger partial charge is 0.384 e. The van der Waals surface area contributed by atoms with Crippen LogP contribution in [0.25, 0.3) is 31.3 Å². The van der Waals surface area contributed by atoms with Gasteiger partial charge >= 0.3 is 0 Å². The summed E-state index contributed by atoms with van der Waals surface area (Å²) in [6.45, 7) is 14.4. The zero-order valence-electron chi connectivity index (χ0n) is 39.7. The van der Waals surface area contributed by atoms with Crippen LogP contribution in [-0.2, 0) is 0 Å². The van der Waals surface area contributed by atoms with E-state index in [2.05, 4.69) is 83.5 Å². The van der Waals surface area contributed by atoms with Crippen molar-refractivity contribution in [3.63, 3.8) is 0 Å². The predicted molar refractivity (Wildman–Crippen MR) is 327 cm³/mol. The van der Waals surface area contributed by atoms with Gasteiger partial charge in [-0.1, -0.05) is 124 Å². The van der Waals surface area contributed by atoms with Crippen molar-refractivity contribution in [3.05, 3.63) is 160 Å². The Labute approximate surface area is 475 Å². The number of anilines is 6. The van der Waals surface area contributed by atoms with Gasteiger partial charge in [0.05, 0.1) is 14.6 Å². The Bertz CT molecular complexity index is 2990. The minimum Gasteiger partial charge on any atom is -0.384 e. The Hall–Kier alpha value is -6.26. The maximum atomic E-state index is 5.85. The molecular formula is C54H69Cl3N16S3. The van der Waals surface area contributed by atoms with Crippen molar-refractivity contribution in [2.24, 2.45) is 0 Å². The summed E-state index contributed by atoms with van der Waals surface area (Å²) in [5.74, 6) is 2.96. The van der Waals surface area contributed by atoms with Crippen molar-refractivity contribution in [2.75, 3.05) is 73.6 Å². The highest BCUT2D eigenvalue weighted by molar-refractivity contribution is 7.19. The highest BCUT2D eigenvalue weighted by atomic mass is 35.5. The number of nitrogens with one attached hydrogen (secondary N) is 5. The maximum absolute atomic E-state index is 5.85. The van der Waals surface area contributed by atoms with Gasteiger partial charge in [0.25, 0.3) is 0 Å². The summed E-state index contributed by atoms with van der Waals surface area (Å²) >= 11 is 21.6. The third-order valence-corrected chi connectivity index (χ3v) is 13.6. The molecule has 11 heterocycles. The van der Waals surface area contributed by atoms with E-state index in [1.807, 2.05) is 106 Å². The van der Waals surface area contributed by atoms with Crippen LogP contribution >= 0.6 is 68.8 Å². The summed E-state index contributed by atoms with van der Waals surface area (Å²) in [5, 5.41) is 18.8. The fraction of sp³-hybridized carbons (Fsp3) is 0.278. The van der Waals surface area contributed by atoms with Gasteiger partial charge in [0.2, 0.25) is 0 Å². The normalized spacial score (nSPS) is 12.2. The van der Waals surface area contributed by atoms with Crippen LogP contribution in [0.3, 0.4) is 0 Å². The smallest absolute Gasteiger partial charge is 0.188 e. The number of nitrogens with two attached hydrogens (primary N) is 1. The molecule has 2 aliphatic rings. The second-order valence-electron chi connectivity index (χ2n) is 15.7. The molecule has 0 spiro atoms. The van der Waals surface area contributed by atoms with Gasteiger partial charge in [-0.15, -0.1) is 11.3 Å². The van der Waals surface area contributed by atoms with E-state index < -0.39 is 0 Å². The van der Waals surface area contributed by atoms with Crippen LogP contribution < -0.4 is 37.2 Å². The van der Waals surface area contributed by atoms with Gasteiger partial charge in [0.15, 0.2) is 14.7 Å². The number of rotatable bonds is 8. The van der Waals surface area contributed by atoms with Crippen LogP contribution in [0.2, 0.25) is 14.8 Å². The van der Waals surface area contributed by atoms with Crippen molar-refractivity contribution in [1.82, 2.24) is 60.8 Å². The van der Waals surface area contributed by atoms with E-state index in [1.54, 1.807) is 53.1 Å². The van der Waals surface area contributed by atoms with E-state index in [-0.39, 0.29) is 29.7 Å². The number of nitrogen functional groups attached to an aromatic ring is 1. The first-order chi connectivity index (χ1) is 35.0. The summed E-state index contributed by atoms with van der Waals surface area (Å²) in [4.78, 5) is 43.7. The van der Waals surface area contributed by atoms with Gasteiger partial charge < -0.3 is 37.2 Å². The first-order valence-corrected chi connectivity index (χ1v) is 26.3. The molecule has 11 rings (SSSR count). The molecule has 9 aromatic rings. The summed E-state index contributed by atoms with van der Waals surface area (Å²) in [7, 11) is 0. The fourth-order valence-electron chi connectivity index (χ4n) is 6.45. The molecule has 2 fully saturated rings. The average Bonchev–Trinajstić information content (AvgIpc) is 4.19. The molecule has 2 aliphatic heterocycles. The number of aromatic nitrogens is 9. The molecule has 9 aromatic heterocycles. The fourth-order valence-corrected chi connectivity index (χ4v) is 9.33. The van der Waals surface area contributed by atoms with Gasteiger partial charge in [0.1, 0.15) is 33.6 Å². The van der Waals surface area contributed by atoms with Crippen LogP contribution in [0.5, 0.6) is 0 Å². The number of thiazole rings is 3. The van der Waals surface area contributed by atoms with E-state index in [0.717, 1.165) is 123 Å². The first kappa shape index (κ1) is 64.0. The average molecular weight is 1140 g/mol. The standard InChI is InChI=1S/C18H20N6S.C14H11ClN4S.C9H7ClN2S.C5H5ClN2.C4H10N2.4CH4/c1-13-5-6-14(11-20-13)15-12-21-18(25-15)23-16-3-2-4-17(22-16)24-9-7-19-8-10-24;1-9-5-6-10(7-16-9)11-8-17-14(20-11)19-13-4-2-3-12(15)18-13;1-6-2-3-7(4-11-6)8-5-12-9(10)13-8;6-4-2-1-3-5(7)8-4;1-2-6-4-3-5-1;;;;/h2-6,11-12,19H,7-10H2,1H3,(H,21,22,23);2-8H,1H3,(H,17,18,19);2-5H,1H3;1-3H,(H2,7,8);5-6H,1-4H2;4*1H4. The molecule has 2 saturated heterocycles. The van der Waals surface area contributed by atoms with Crippen molar-refractivity contribution in [2.45, 2.75) is 50.5 Å². The topological polar surface area (TPSA) is 205 Å². The SMILES string of the molecule is C.C.C.C.C1CNCCN1.Cc1ccc(-c2cnc(Cl)s2)cn1.Cc1ccc(-c2cnc(Nc3cccc(Cl)n3)s2)cn1.Cc1ccc(-c2cnc(Nc3cccc(N4CCNCC4)n3)s2)cn1.Nc1cccc(Cl)n1. The molecule has 0 aliphatic carbocycles. The predicted octanol–water partition coefficient (Wildman–Crippen LogP) is 13.6. The molecule has 0 aromatic carbocycles. The molecule has 0 unspecified atom stereocenters. The van der Waals surface area contributed by atoms with E-state index in [4.69, 9.17) is 45.5 Å². The number of nitrogens with zero attached hydrogens (tertiary/aromatic N) is 10. The molecule has 7 N–H and O–H groups in total. The lowest BCUT2D eigenvalue weighted by atomic mass is 10.2. The highest BCUT2D eigenvalue weighted by Gasteiger charge is 2.13. The monoisotopic (exact) mass is 1140 g/mol. The van der Waals surface area contributed by atoms with Gasteiger partial charge in [-0.05, 0) is 75.4 Å². The maximum Gasteiger partial charge on any atom is 0.188 e. The molecule has 0 atom stereocenters. The van der Waals surface area contributed by atoms with E-state index in [1.165, 1.54) is 11.3 Å². The molecule has 0 bridgehead atoms. The number of halogens is 3. The Morgan fingerprint density at radius 2 is 0.882 bits per heavy atom. The van der Waals surface area contributed by atoms with Crippen LogP contribution in [0.1, 0.15) is 46.8 Å². The molecule has 22 heteroatoms. The molecular weight excluding hydrogens is 1080 g/mol. The Balaban J connectivity index is 0.000000267.